The lowest BCUT2D eigenvalue weighted by atomic mass is 9.98. The molecule has 0 radical (unpaired) electrons. The van der Waals surface area contributed by atoms with E-state index in [0.717, 1.165) is 34.8 Å². The zero-order valence-corrected chi connectivity index (χ0v) is 10.5. The molecule has 3 rings (SSSR count). The molecule has 0 saturated heterocycles. The number of fused-ring (bicyclic) bond motifs is 1. The van der Waals surface area contributed by atoms with Gasteiger partial charge >= 0.3 is 0 Å². The van der Waals surface area contributed by atoms with Gasteiger partial charge in [-0.3, -0.25) is 4.99 Å². The van der Waals surface area contributed by atoms with Gasteiger partial charge in [0, 0.05) is 30.3 Å². The topological polar surface area (TPSA) is 34.7 Å². The lowest BCUT2D eigenvalue weighted by Crippen LogP contribution is -2.24. The van der Waals surface area contributed by atoms with Crippen molar-refractivity contribution in [1.29, 1.82) is 0 Å². The molecule has 2 heterocycles. The monoisotopic (exact) mass is 241 g/mol. The van der Waals surface area contributed by atoms with E-state index in [1.807, 2.05) is 31.3 Å². The van der Waals surface area contributed by atoms with Gasteiger partial charge in [0.15, 0.2) is 0 Å². The van der Waals surface area contributed by atoms with E-state index in [1.54, 1.807) is 6.26 Å². The Morgan fingerprint density at radius 1 is 1.28 bits per heavy atom. The predicted molar refractivity (Wildman–Crippen MR) is 71.3 cm³/mol. The quantitative estimate of drug-likeness (QED) is 0.765. The Balaban J connectivity index is 2.08. The molecule has 3 heteroatoms. The van der Waals surface area contributed by atoms with E-state index in [-0.39, 0.29) is 6.10 Å². The number of furan rings is 1. The van der Waals surface area contributed by atoms with Crippen LogP contribution >= 0.6 is 0 Å². The van der Waals surface area contributed by atoms with Crippen LogP contribution in [0.1, 0.15) is 18.9 Å². The average molecular weight is 241 g/mol. The molecule has 0 bridgehead atoms. The first-order valence-corrected chi connectivity index (χ1v) is 6.08. The second-order valence-corrected chi connectivity index (χ2v) is 4.49. The smallest absolute Gasteiger partial charge is 0.133 e. The van der Waals surface area contributed by atoms with Crippen LogP contribution in [0.15, 0.2) is 46.0 Å². The summed E-state index contributed by atoms with van der Waals surface area (Å²) in [6.07, 6.45) is 2.71. The van der Waals surface area contributed by atoms with Gasteiger partial charge in [-0.2, -0.15) is 0 Å². The summed E-state index contributed by atoms with van der Waals surface area (Å²) in [6, 6.07) is 9.96. The molecular weight excluding hydrogens is 226 g/mol. The molecule has 0 amide bonds. The Morgan fingerprint density at radius 3 is 2.89 bits per heavy atom. The summed E-state index contributed by atoms with van der Waals surface area (Å²) in [5, 5.41) is 0. The van der Waals surface area contributed by atoms with E-state index in [4.69, 9.17) is 9.15 Å². The summed E-state index contributed by atoms with van der Waals surface area (Å²) in [5.41, 5.74) is 3.23. The predicted octanol–water partition coefficient (Wildman–Crippen LogP) is 3.54. The summed E-state index contributed by atoms with van der Waals surface area (Å²) in [5.74, 6) is 1.75. The molecule has 1 atom stereocenters. The van der Waals surface area contributed by atoms with E-state index < -0.39 is 0 Å². The van der Waals surface area contributed by atoms with Crippen molar-refractivity contribution in [1.82, 2.24) is 0 Å². The van der Waals surface area contributed by atoms with Crippen molar-refractivity contribution in [2.75, 3.05) is 7.05 Å². The fraction of sp³-hybridized carbons (Fsp3) is 0.267. The third-order valence-electron chi connectivity index (χ3n) is 3.18. The van der Waals surface area contributed by atoms with Crippen LogP contribution in [0.4, 0.5) is 0 Å². The fourth-order valence-corrected chi connectivity index (χ4v) is 2.31. The highest BCUT2D eigenvalue weighted by atomic mass is 16.5. The SMILES string of the molecule is CN=C1CC(C)Oc2cc(-c3ccco3)ccc21. The zero-order chi connectivity index (χ0) is 12.5. The van der Waals surface area contributed by atoms with Crippen molar-refractivity contribution in [2.24, 2.45) is 4.99 Å². The number of hydrogen-bond acceptors (Lipinski definition) is 3. The van der Waals surface area contributed by atoms with Gasteiger partial charge < -0.3 is 9.15 Å². The first-order chi connectivity index (χ1) is 8.78. The van der Waals surface area contributed by atoms with E-state index in [9.17, 15) is 0 Å². The molecule has 1 unspecified atom stereocenters. The molecule has 0 fully saturated rings. The minimum atomic E-state index is 0.169. The van der Waals surface area contributed by atoms with Crippen molar-refractivity contribution in [3.8, 4) is 17.1 Å². The van der Waals surface area contributed by atoms with Gasteiger partial charge in [-0.05, 0) is 31.2 Å². The molecule has 1 aromatic heterocycles. The number of benzene rings is 1. The average Bonchev–Trinajstić information content (AvgIpc) is 2.90. The van der Waals surface area contributed by atoms with Crippen LogP contribution in [0.3, 0.4) is 0 Å². The largest absolute Gasteiger partial charge is 0.490 e. The van der Waals surface area contributed by atoms with Crippen LogP contribution in [0.25, 0.3) is 11.3 Å². The molecule has 2 aromatic rings. The van der Waals surface area contributed by atoms with Gasteiger partial charge in [0.25, 0.3) is 0 Å². The maximum absolute atomic E-state index is 5.88. The number of hydrogen-bond donors (Lipinski definition) is 0. The maximum atomic E-state index is 5.88. The standard InChI is InChI=1S/C15H15NO2/c1-10-8-13(16-2)12-6-5-11(9-15(12)18-10)14-4-3-7-17-14/h3-7,9-10H,8H2,1-2H3. The third-order valence-corrected chi connectivity index (χ3v) is 3.18. The van der Waals surface area contributed by atoms with Crippen LogP contribution in [0.5, 0.6) is 5.75 Å². The summed E-state index contributed by atoms with van der Waals surface area (Å²) in [6.45, 7) is 2.06. The number of rotatable bonds is 1. The number of aliphatic imine (C=N–C) groups is 1. The molecule has 1 aliphatic rings. The molecule has 1 aromatic carbocycles. The summed E-state index contributed by atoms with van der Waals surface area (Å²) < 4.78 is 11.3. The highest BCUT2D eigenvalue weighted by Crippen LogP contribution is 2.32. The van der Waals surface area contributed by atoms with Gasteiger partial charge in [-0.1, -0.05) is 6.07 Å². The van der Waals surface area contributed by atoms with Crippen LogP contribution in [-0.4, -0.2) is 18.9 Å². The minimum Gasteiger partial charge on any atom is -0.490 e. The van der Waals surface area contributed by atoms with Gasteiger partial charge in [0.05, 0.1) is 6.26 Å². The minimum absolute atomic E-state index is 0.169. The molecular formula is C15H15NO2. The molecule has 92 valence electrons. The van der Waals surface area contributed by atoms with E-state index in [1.165, 1.54) is 0 Å². The first-order valence-electron chi connectivity index (χ1n) is 6.08. The second-order valence-electron chi connectivity index (χ2n) is 4.49. The molecule has 0 spiro atoms. The third kappa shape index (κ3) is 1.82. The van der Waals surface area contributed by atoms with Crippen LogP contribution in [0.2, 0.25) is 0 Å². The molecule has 0 saturated carbocycles. The summed E-state index contributed by atoms with van der Waals surface area (Å²) in [7, 11) is 1.83. The van der Waals surface area contributed by atoms with Gasteiger partial charge in [-0.15, -0.1) is 0 Å². The number of ether oxygens (including phenoxy) is 1. The van der Waals surface area contributed by atoms with Gasteiger partial charge in [0.1, 0.15) is 17.6 Å². The molecule has 0 aliphatic carbocycles. The highest BCUT2D eigenvalue weighted by Gasteiger charge is 2.22. The van der Waals surface area contributed by atoms with Crippen LogP contribution in [-0.2, 0) is 0 Å². The van der Waals surface area contributed by atoms with Crippen molar-refractivity contribution in [3.05, 3.63) is 42.2 Å². The number of nitrogens with zero attached hydrogens (tertiary/aromatic N) is 1. The van der Waals surface area contributed by atoms with Crippen molar-refractivity contribution >= 4 is 5.71 Å². The van der Waals surface area contributed by atoms with E-state index in [2.05, 4.69) is 18.0 Å². The van der Waals surface area contributed by atoms with E-state index in [0.29, 0.717) is 0 Å². The lowest BCUT2D eigenvalue weighted by Gasteiger charge is -2.25. The Labute approximate surface area is 106 Å². The molecule has 18 heavy (non-hydrogen) atoms. The van der Waals surface area contributed by atoms with Gasteiger partial charge in [0.2, 0.25) is 0 Å². The van der Waals surface area contributed by atoms with Crippen molar-refractivity contribution in [2.45, 2.75) is 19.4 Å². The normalized spacial score (nSPS) is 20.6. The molecule has 0 N–H and O–H groups in total. The maximum Gasteiger partial charge on any atom is 0.133 e. The lowest BCUT2D eigenvalue weighted by molar-refractivity contribution is 0.222. The fourth-order valence-electron chi connectivity index (χ4n) is 2.31. The van der Waals surface area contributed by atoms with Crippen LogP contribution < -0.4 is 4.74 Å². The Bertz CT molecular complexity index is 585. The second kappa shape index (κ2) is 4.33. The Hall–Kier alpha value is -2.03. The van der Waals surface area contributed by atoms with Crippen LogP contribution in [0, 0.1) is 0 Å². The van der Waals surface area contributed by atoms with Crippen molar-refractivity contribution in [3.63, 3.8) is 0 Å². The Kier molecular flexibility index (Phi) is 2.67. The first kappa shape index (κ1) is 11.1. The summed E-state index contributed by atoms with van der Waals surface area (Å²) >= 11 is 0. The Morgan fingerprint density at radius 2 is 2.17 bits per heavy atom. The van der Waals surface area contributed by atoms with Gasteiger partial charge in [-0.25, -0.2) is 0 Å². The molecule has 1 aliphatic heterocycles. The highest BCUT2D eigenvalue weighted by molar-refractivity contribution is 6.04. The van der Waals surface area contributed by atoms with Crippen molar-refractivity contribution < 1.29 is 9.15 Å². The summed E-state index contributed by atoms with van der Waals surface area (Å²) in [4.78, 5) is 4.34. The zero-order valence-electron chi connectivity index (χ0n) is 10.5. The molecule has 3 nitrogen and oxygen atoms in total. The van der Waals surface area contributed by atoms with E-state index >= 15 is 0 Å².